The average molecular weight is 223 g/mol. The normalized spacial score (nSPS) is 10.6. The second-order valence-electron chi connectivity index (χ2n) is 3.74. The van der Waals surface area contributed by atoms with Crippen LogP contribution in [0.15, 0.2) is 53.8 Å². The first-order valence-electron chi connectivity index (χ1n) is 5.22. The van der Waals surface area contributed by atoms with Crippen molar-refractivity contribution < 1.29 is 0 Å². The summed E-state index contributed by atoms with van der Waals surface area (Å²) >= 11 is 0. The van der Waals surface area contributed by atoms with Crippen molar-refractivity contribution in [2.24, 2.45) is 0 Å². The summed E-state index contributed by atoms with van der Waals surface area (Å²) in [5.41, 5.74) is 3.51. The lowest BCUT2D eigenvalue weighted by Crippen LogP contribution is -2.05. The molecular weight excluding hydrogens is 214 g/mol. The molecule has 3 heterocycles. The molecule has 1 N–H and O–H groups in total. The van der Waals surface area contributed by atoms with E-state index in [1.807, 2.05) is 24.4 Å². The van der Waals surface area contributed by atoms with E-state index in [9.17, 15) is 4.79 Å². The molecule has 82 valence electrons. The van der Waals surface area contributed by atoms with Crippen LogP contribution in [0, 0.1) is 0 Å². The first-order chi connectivity index (χ1) is 8.33. The van der Waals surface area contributed by atoms with Gasteiger partial charge >= 0.3 is 0 Å². The molecule has 0 atom stereocenters. The van der Waals surface area contributed by atoms with Crippen LogP contribution in [0.5, 0.6) is 0 Å². The van der Waals surface area contributed by atoms with Crippen molar-refractivity contribution in [3.63, 3.8) is 0 Å². The second-order valence-corrected chi connectivity index (χ2v) is 3.74. The van der Waals surface area contributed by atoms with E-state index in [0.717, 1.165) is 22.4 Å². The molecular formula is C13H9N3O. The van der Waals surface area contributed by atoms with E-state index in [0.29, 0.717) is 0 Å². The van der Waals surface area contributed by atoms with Crippen LogP contribution < -0.4 is 5.56 Å². The lowest BCUT2D eigenvalue weighted by Gasteiger charge is -2.07. The quantitative estimate of drug-likeness (QED) is 0.685. The van der Waals surface area contributed by atoms with E-state index in [1.54, 1.807) is 18.6 Å². The topological polar surface area (TPSA) is 58.6 Å². The lowest BCUT2D eigenvalue weighted by molar-refractivity contribution is 1.19. The van der Waals surface area contributed by atoms with Gasteiger partial charge < -0.3 is 4.98 Å². The maximum atomic E-state index is 11.1. The summed E-state index contributed by atoms with van der Waals surface area (Å²) in [5, 5.41) is 0. The number of hydrogen-bond donors (Lipinski definition) is 1. The van der Waals surface area contributed by atoms with Crippen molar-refractivity contribution in [2.45, 2.75) is 0 Å². The van der Waals surface area contributed by atoms with Gasteiger partial charge in [0.05, 0.1) is 5.69 Å². The lowest BCUT2D eigenvalue weighted by atomic mass is 10.1. The number of rotatable bonds is 1. The maximum absolute atomic E-state index is 11.1. The predicted molar refractivity (Wildman–Crippen MR) is 64.7 cm³/mol. The van der Waals surface area contributed by atoms with Crippen LogP contribution in [0.25, 0.3) is 22.4 Å². The van der Waals surface area contributed by atoms with E-state index in [2.05, 4.69) is 15.0 Å². The van der Waals surface area contributed by atoms with Gasteiger partial charge in [-0.25, -0.2) is 4.98 Å². The van der Waals surface area contributed by atoms with Gasteiger partial charge in [0, 0.05) is 42.0 Å². The summed E-state index contributed by atoms with van der Waals surface area (Å²) in [6, 6.07) is 7.34. The predicted octanol–water partition coefficient (Wildman–Crippen LogP) is 1.94. The molecule has 4 nitrogen and oxygen atoms in total. The molecule has 0 bridgehead atoms. The van der Waals surface area contributed by atoms with Crippen molar-refractivity contribution in [1.29, 1.82) is 0 Å². The fourth-order valence-corrected chi connectivity index (χ4v) is 1.75. The number of aromatic amines is 1. The fourth-order valence-electron chi connectivity index (χ4n) is 1.75. The van der Waals surface area contributed by atoms with Gasteiger partial charge in [0.1, 0.15) is 0 Å². The molecule has 0 radical (unpaired) electrons. The maximum Gasteiger partial charge on any atom is 0.271 e. The number of pyridine rings is 3. The molecule has 0 saturated carbocycles. The van der Waals surface area contributed by atoms with Gasteiger partial charge in [0.25, 0.3) is 5.56 Å². The SMILES string of the molecule is O=c1cc2[nH]cc(-c3cccnc3)cc-2cn1. The Kier molecular flexibility index (Phi) is 2.19. The van der Waals surface area contributed by atoms with Crippen molar-refractivity contribution in [3.05, 3.63) is 59.4 Å². The van der Waals surface area contributed by atoms with Gasteiger partial charge in [-0.2, -0.15) is 0 Å². The van der Waals surface area contributed by atoms with Gasteiger partial charge in [-0.15, -0.1) is 0 Å². The van der Waals surface area contributed by atoms with Crippen LogP contribution in [0.4, 0.5) is 0 Å². The van der Waals surface area contributed by atoms with Gasteiger partial charge in [0.15, 0.2) is 0 Å². The highest BCUT2D eigenvalue weighted by Gasteiger charge is 2.05. The van der Waals surface area contributed by atoms with Gasteiger partial charge in [0.2, 0.25) is 0 Å². The van der Waals surface area contributed by atoms with Crippen LogP contribution in [0.2, 0.25) is 0 Å². The van der Waals surface area contributed by atoms with Crippen LogP contribution >= 0.6 is 0 Å². The molecule has 2 aliphatic heterocycles. The van der Waals surface area contributed by atoms with Gasteiger partial charge in [-0.1, -0.05) is 6.07 Å². The number of aromatic nitrogens is 3. The Balaban J connectivity index is 2.19. The number of nitrogens with zero attached hydrogens (tertiary/aromatic N) is 2. The molecule has 0 aromatic carbocycles. The van der Waals surface area contributed by atoms with Crippen LogP contribution in [-0.2, 0) is 0 Å². The van der Waals surface area contributed by atoms with Crippen LogP contribution in [0.3, 0.4) is 0 Å². The molecule has 1 aromatic rings. The molecule has 17 heavy (non-hydrogen) atoms. The van der Waals surface area contributed by atoms with E-state index in [1.165, 1.54) is 6.07 Å². The first-order valence-corrected chi connectivity index (χ1v) is 5.22. The zero-order valence-corrected chi connectivity index (χ0v) is 8.92. The molecule has 4 heteroatoms. The van der Waals surface area contributed by atoms with Crippen molar-refractivity contribution in [3.8, 4) is 22.4 Å². The third-order valence-electron chi connectivity index (χ3n) is 2.60. The Hall–Kier alpha value is -2.49. The van der Waals surface area contributed by atoms with Crippen molar-refractivity contribution in [2.75, 3.05) is 0 Å². The molecule has 3 rings (SSSR count). The van der Waals surface area contributed by atoms with E-state index in [-0.39, 0.29) is 5.56 Å². The molecule has 0 unspecified atom stereocenters. The number of fused-ring (bicyclic) bond motifs is 1. The highest BCUT2D eigenvalue weighted by Crippen LogP contribution is 2.23. The summed E-state index contributed by atoms with van der Waals surface area (Å²) in [6.07, 6.45) is 6.97. The first kappa shape index (κ1) is 9.72. The Labute approximate surface area is 97.3 Å². The molecule has 0 spiro atoms. The standard InChI is InChI=1S/C13H9N3O/c17-13-5-12-11(8-16-13)4-10(7-15-12)9-2-1-3-14-6-9/h1-8,15H. The summed E-state index contributed by atoms with van der Waals surface area (Å²) in [4.78, 5) is 22.0. The summed E-state index contributed by atoms with van der Waals surface area (Å²) in [7, 11) is 0. The minimum atomic E-state index is -0.233. The number of H-pyrrole nitrogens is 1. The van der Waals surface area contributed by atoms with Crippen molar-refractivity contribution >= 4 is 0 Å². The number of nitrogens with one attached hydrogen (secondary N) is 1. The van der Waals surface area contributed by atoms with Gasteiger partial charge in [-0.05, 0) is 17.7 Å². The molecule has 0 amide bonds. The molecule has 0 saturated heterocycles. The van der Waals surface area contributed by atoms with E-state index < -0.39 is 0 Å². The minimum Gasteiger partial charge on any atom is -0.360 e. The zero-order chi connectivity index (χ0) is 11.7. The van der Waals surface area contributed by atoms with Crippen LogP contribution in [-0.4, -0.2) is 15.0 Å². The highest BCUT2D eigenvalue weighted by atomic mass is 16.1. The minimum absolute atomic E-state index is 0.233. The Morgan fingerprint density at radius 1 is 1.06 bits per heavy atom. The zero-order valence-electron chi connectivity index (χ0n) is 8.92. The fraction of sp³-hybridized carbons (Fsp3) is 0. The van der Waals surface area contributed by atoms with Gasteiger partial charge in [-0.3, -0.25) is 9.78 Å². The number of hydrogen-bond acceptors (Lipinski definition) is 3. The second kappa shape index (κ2) is 3.83. The largest absolute Gasteiger partial charge is 0.360 e. The molecule has 0 fully saturated rings. The third-order valence-corrected chi connectivity index (χ3v) is 2.60. The smallest absolute Gasteiger partial charge is 0.271 e. The Morgan fingerprint density at radius 2 is 2.00 bits per heavy atom. The van der Waals surface area contributed by atoms with Crippen LogP contribution in [0.1, 0.15) is 0 Å². The Morgan fingerprint density at radius 3 is 2.82 bits per heavy atom. The summed E-state index contributed by atoms with van der Waals surface area (Å²) < 4.78 is 0. The van der Waals surface area contributed by atoms with E-state index >= 15 is 0 Å². The van der Waals surface area contributed by atoms with Crippen molar-refractivity contribution in [1.82, 2.24) is 15.0 Å². The average Bonchev–Trinajstić information content (AvgIpc) is 2.39. The third kappa shape index (κ3) is 1.80. The monoisotopic (exact) mass is 223 g/mol. The summed E-state index contributed by atoms with van der Waals surface area (Å²) in [5.74, 6) is 0. The molecule has 2 aliphatic rings. The van der Waals surface area contributed by atoms with E-state index in [4.69, 9.17) is 0 Å². The Bertz CT molecular complexity index is 676. The summed E-state index contributed by atoms with van der Waals surface area (Å²) in [6.45, 7) is 0. The highest BCUT2D eigenvalue weighted by molar-refractivity contribution is 5.70. The molecule has 1 aromatic heterocycles. The molecule has 0 aliphatic carbocycles.